The van der Waals surface area contributed by atoms with Crippen LogP contribution in [0.15, 0.2) is 24.5 Å². The molecule has 0 spiro atoms. The zero-order valence-corrected chi connectivity index (χ0v) is 8.76. The summed E-state index contributed by atoms with van der Waals surface area (Å²) in [5.74, 6) is 0.837. The SMILES string of the molecule is c1cnc2nc(NC3CCOC3)ccc2n1. The van der Waals surface area contributed by atoms with Gasteiger partial charge < -0.3 is 10.1 Å². The Labute approximate surface area is 92.9 Å². The van der Waals surface area contributed by atoms with Gasteiger partial charge in [0, 0.05) is 19.0 Å². The van der Waals surface area contributed by atoms with Crippen molar-refractivity contribution in [3.05, 3.63) is 24.5 Å². The third-order valence-electron chi connectivity index (χ3n) is 2.61. The molecule has 2 aromatic heterocycles. The normalized spacial score (nSPS) is 20.1. The summed E-state index contributed by atoms with van der Waals surface area (Å²) in [6.07, 6.45) is 4.35. The molecule has 5 heteroatoms. The minimum atomic E-state index is 0.363. The monoisotopic (exact) mass is 216 g/mol. The maximum atomic E-state index is 5.30. The molecule has 1 fully saturated rings. The van der Waals surface area contributed by atoms with Gasteiger partial charge in [-0.15, -0.1) is 0 Å². The predicted molar refractivity (Wildman–Crippen MR) is 60.2 cm³/mol. The van der Waals surface area contributed by atoms with Crippen LogP contribution < -0.4 is 5.32 Å². The summed E-state index contributed by atoms with van der Waals surface area (Å²) in [7, 11) is 0. The Morgan fingerprint density at radius 1 is 1.25 bits per heavy atom. The molecule has 82 valence electrons. The Bertz CT molecular complexity index is 496. The highest BCUT2D eigenvalue weighted by Gasteiger charge is 2.15. The molecule has 0 aromatic carbocycles. The molecule has 2 aromatic rings. The number of hydrogen-bond donors (Lipinski definition) is 1. The lowest BCUT2D eigenvalue weighted by Crippen LogP contribution is -2.19. The van der Waals surface area contributed by atoms with Gasteiger partial charge in [-0.25, -0.2) is 9.97 Å². The van der Waals surface area contributed by atoms with Gasteiger partial charge in [-0.05, 0) is 18.6 Å². The van der Waals surface area contributed by atoms with Gasteiger partial charge in [0.25, 0.3) is 0 Å². The van der Waals surface area contributed by atoms with Crippen molar-refractivity contribution >= 4 is 17.0 Å². The molecule has 1 unspecified atom stereocenters. The molecule has 0 amide bonds. The molecule has 1 aliphatic heterocycles. The Balaban J connectivity index is 1.86. The zero-order valence-electron chi connectivity index (χ0n) is 8.76. The molecule has 1 aliphatic rings. The van der Waals surface area contributed by atoms with Crippen LogP contribution in [0.4, 0.5) is 5.82 Å². The molecule has 0 bridgehead atoms. The molecule has 1 atom stereocenters. The van der Waals surface area contributed by atoms with Crippen LogP contribution in [0.3, 0.4) is 0 Å². The van der Waals surface area contributed by atoms with E-state index in [1.807, 2.05) is 12.1 Å². The number of fused-ring (bicyclic) bond motifs is 1. The van der Waals surface area contributed by atoms with E-state index in [1.165, 1.54) is 0 Å². The smallest absolute Gasteiger partial charge is 0.180 e. The topological polar surface area (TPSA) is 59.9 Å². The first-order valence-electron chi connectivity index (χ1n) is 5.34. The number of anilines is 1. The van der Waals surface area contributed by atoms with Crippen LogP contribution >= 0.6 is 0 Å². The summed E-state index contributed by atoms with van der Waals surface area (Å²) in [5.41, 5.74) is 1.49. The standard InChI is InChI=1S/C11H12N4O/c1-2-10(14-8-3-6-16-7-8)15-11-9(1)12-4-5-13-11/h1-2,4-5,8H,3,6-7H2,(H,13,14,15). The fraction of sp³-hybridized carbons (Fsp3) is 0.364. The quantitative estimate of drug-likeness (QED) is 0.818. The van der Waals surface area contributed by atoms with Gasteiger partial charge in [0.1, 0.15) is 11.3 Å². The Morgan fingerprint density at radius 2 is 2.19 bits per heavy atom. The van der Waals surface area contributed by atoms with Gasteiger partial charge in [-0.2, -0.15) is 0 Å². The third-order valence-corrected chi connectivity index (χ3v) is 2.61. The van der Waals surface area contributed by atoms with Gasteiger partial charge in [0.2, 0.25) is 0 Å². The Kier molecular flexibility index (Phi) is 2.38. The first-order valence-corrected chi connectivity index (χ1v) is 5.34. The second-order valence-electron chi connectivity index (χ2n) is 3.80. The van der Waals surface area contributed by atoms with E-state index in [0.29, 0.717) is 11.7 Å². The van der Waals surface area contributed by atoms with Crippen molar-refractivity contribution in [2.24, 2.45) is 0 Å². The maximum absolute atomic E-state index is 5.30. The summed E-state index contributed by atoms with van der Waals surface area (Å²) in [4.78, 5) is 12.7. The first kappa shape index (κ1) is 9.47. The van der Waals surface area contributed by atoms with Crippen LogP contribution in [0.1, 0.15) is 6.42 Å². The fourth-order valence-corrected chi connectivity index (χ4v) is 1.79. The summed E-state index contributed by atoms with van der Waals surface area (Å²) < 4.78 is 5.30. The highest BCUT2D eigenvalue weighted by atomic mass is 16.5. The molecule has 16 heavy (non-hydrogen) atoms. The van der Waals surface area contributed by atoms with Crippen LogP contribution in [-0.4, -0.2) is 34.2 Å². The summed E-state index contributed by atoms with van der Waals surface area (Å²) in [6.45, 7) is 1.57. The van der Waals surface area contributed by atoms with Crippen LogP contribution in [0, 0.1) is 0 Å². The van der Waals surface area contributed by atoms with E-state index >= 15 is 0 Å². The van der Waals surface area contributed by atoms with Crippen molar-refractivity contribution in [3.63, 3.8) is 0 Å². The highest BCUT2D eigenvalue weighted by Crippen LogP contribution is 2.14. The van der Waals surface area contributed by atoms with Crippen molar-refractivity contribution in [2.45, 2.75) is 12.5 Å². The lowest BCUT2D eigenvalue weighted by molar-refractivity contribution is 0.195. The number of pyridine rings is 1. The van der Waals surface area contributed by atoms with E-state index < -0.39 is 0 Å². The molecule has 0 radical (unpaired) electrons. The molecular formula is C11H12N4O. The second-order valence-corrected chi connectivity index (χ2v) is 3.80. The maximum Gasteiger partial charge on any atom is 0.180 e. The largest absolute Gasteiger partial charge is 0.379 e. The summed E-state index contributed by atoms with van der Waals surface area (Å²) >= 11 is 0. The summed E-state index contributed by atoms with van der Waals surface area (Å²) in [6, 6.07) is 4.21. The predicted octanol–water partition coefficient (Wildman–Crippen LogP) is 1.23. The van der Waals surface area contributed by atoms with E-state index in [1.54, 1.807) is 12.4 Å². The fourth-order valence-electron chi connectivity index (χ4n) is 1.79. The van der Waals surface area contributed by atoms with Gasteiger partial charge in [0.05, 0.1) is 12.6 Å². The van der Waals surface area contributed by atoms with Crippen LogP contribution in [0.2, 0.25) is 0 Å². The van der Waals surface area contributed by atoms with Crippen molar-refractivity contribution < 1.29 is 4.74 Å². The van der Waals surface area contributed by atoms with Crippen molar-refractivity contribution in [1.82, 2.24) is 15.0 Å². The molecule has 1 N–H and O–H groups in total. The second kappa shape index (κ2) is 4.02. The average Bonchev–Trinajstić information content (AvgIpc) is 2.82. The molecular weight excluding hydrogens is 204 g/mol. The van der Waals surface area contributed by atoms with E-state index in [9.17, 15) is 0 Å². The molecule has 3 heterocycles. The Hall–Kier alpha value is -1.75. The van der Waals surface area contributed by atoms with Gasteiger partial charge in [-0.3, -0.25) is 4.98 Å². The molecule has 1 saturated heterocycles. The Morgan fingerprint density at radius 3 is 3.06 bits per heavy atom. The number of hydrogen-bond acceptors (Lipinski definition) is 5. The van der Waals surface area contributed by atoms with Gasteiger partial charge in [-0.1, -0.05) is 0 Å². The van der Waals surface area contributed by atoms with Crippen LogP contribution in [0.25, 0.3) is 11.2 Å². The van der Waals surface area contributed by atoms with Crippen molar-refractivity contribution in [2.75, 3.05) is 18.5 Å². The van der Waals surface area contributed by atoms with Gasteiger partial charge in [0.15, 0.2) is 5.65 Å². The minimum absolute atomic E-state index is 0.363. The first-order chi connectivity index (χ1) is 7.92. The lowest BCUT2D eigenvalue weighted by Gasteiger charge is -2.10. The van der Waals surface area contributed by atoms with Crippen molar-refractivity contribution in [3.8, 4) is 0 Å². The molecule has 0 aliphatic carbocycles. The highest BCUT2D eigenvalue weighted by molar-refractivity contribution is 5.71. The van der Waals surface area contributed by atoms with E-state index in [-0.39, 0.29) is 0 Å². The van der Waals surface area contributed by atoms with Crippen LogP contribution in [-0.2, 0) is 4.74 Å². The number of nitrogens with one attached hydrogen (secondary N) is 1. The minimum Gasteiger partial charge on any atom is -0.379 e. The average molecular weight is 216 g/mol. The molecule has 5 nitrogen and oxygen atoms in total. The van der Waals surface area contributed by atoms with E-state index in [2.05, 4.69) is 20.3 Å². The van der Waals surface area contributed by atoms with Gasteiger partial charge >= 0.3 is 0 Å². The molecule has 3 rings (SSSR count). The number of nitrogens with zero attached hydrogens (tertiary/aromatic N) is 3. The van der Waals surface area contributed by atoms with Crippen LogP contribution in [0.5, 0.6) is 0 Å². The zero-order chi connectivity index (χ0) is 10.8. The van der Waals surface area contributed by atoms with E-state index in [0.717, 1.165) is 31.0 Å². The van der Waals surface area contributed by atoms with E-state index in [4.69, 9.17) is 4.74 Å². The molecule has 0 saturated carbocycles. The third kappa shape index (κ3) is 1.81. The number of rotatable bonds is 2. The number of ether oxygens (including phenoxy) is 1. The lowest BCUT2D eigenvalue weighted by atomic mass is 10.2. The summed E-state index contributed by atoms with van der Waals surface area (Å²) in [5, 5.41) is 3.33. The van der Waals surface area contributed by atoms with Crippen molar-refractivity contribution in [1.29, 1.82) is 0 Å². The number of aromatic nitrogens is 3.